The predicted molar refractivity (Wildman–Crippen MR) is 182 cm³/mol. The van der Waals surface area contributed by atoms with Crippen molar-refractivity contribution in [2.24, 2.45) is 4.99 Å². The van der Waals surface area contributed by atoms with E-state index in [0.717, 1.165) is 142 Å². The monoisotopic (exact) mass is 640 g/mol. The summed E-state index contributed by atoms with van der Waals surface area (Å²) in [5.41, 5.74) is 0. The minimum Gasteiger partial charge on any atom is -0.380 e. The van der Waals surface area contributed by atoms with Crippen LogP contribution in [0.4, 0.5) is 4.79 Å². The second-order valence-electron chi connectivity index (χ2n) is 12.1. The zero-order chi connectivity index (χ0) is 32.8. The van der Waals surface area contributed by atoms with Crippen LogP contribution in [0.1, 0.15) is 104 Å². The molecule has 3 unspecified atom stereocenters. The van der Waals surface area contributed by atoms with Gasteiger partial charge in [-0.1, -0.05) is 51.9 Å². The molecule has 1 saturated heterocycles. The summed E-state index contributed by atoms with van der Waals surface area (Å²) in [6.07, 6.45) is 14.9. The number of amidine groups is 1. The minimum absolute atomic E-state index is 0.295. The predicted octanol–water partition coefficient (Wildman–Crippen LogP) is 3.65. The highest BCUT2D eigenvalue weighted by atomic mass is 16.6. The molecule has 0 aromatic carbocycles. The van der Waals surface area contributed by atoms with Crippen molar-refractivity contribution in [3.8, 4) is 0 Å². The number of aliphatic imine (C=N–C) groups is 1. The Kier molecular flexibility index (Phi) is 26.4. The molecule has 12 heteroatoms. The van der Waals surface area contributed by atoms with E-state index in [4.69, 9.17) is 9.47 Å². The van der Waals surface area contributed by atoms with E-state index in [1.54, 1.807) is 0 Å². The Bertz CT molecular complexity index is 774. The third-order valence-corrected chi connectivity index (χ3v) is 7.99. The Hall–Kier alpha value is -2.28. The van der Waals surface area contributed by atoms with Gasteiger partial charge >= 0.3 is 6.09 Å². The number of imide groups is 1. The maximum Gasteiger partial charge on any atom is 0.421 e. The quantitative estimate of drug-likeness (QED) is 0.0295. The number of hydrogen-bond donors (Lipinski definition) is 4. The molecule has 4 N–H and O–H groups in total. The largest absolute Gasteiger partial charge is 0.421 e. The van der Waals surface area contributed by atoms with Gasteiger partial charge in [-0.05, 0) is 72.0 Å². The average molecular weight is 640 g/mol. The van der Waals surface area contributed by atoms with Crippen molar-refractivity contribution in [3.05, 3.63) is 0 Å². The summed E-state index contributed by atoms with van der Waals surface area (Å²) < 4.78 is 11.5. The van der Waals surface area contributed by atoms with Crippen molar-refractivity contribution in [2.45, 2.75) is 116 Å². The van der Waals surface area contributed by atoms with E-state index in [9.17, 15) is 14.4 Å². The number of unbranched alkanes of at least 4 members (excludes halogenated alkanes) is 10. The van der Waals surface area contributed by atoms with Gasteiger partial charge in [-0.3, -0.25) is 19.8 Å². The van der Waals surface area contributed by atoms with E-state index in [0.29, 0.717) is 37.6 Å². The van der Waals surface area contributed by atoms with E-state index in [-0.39, 0.29) is 0 Å². The summed E-state index contributed by atoms with van der Waals surface area (Å²) in [5, 5.41) is 11.7. The number of rotatable bonds is 31. The van der Waals surface area contributed by atoms with Crippen LogP contribution < -0.4 is 21.3 Å². The van der Waals surface area contributed by atoms with Gasteiger partial charge in [-0.15, -0.1) is 0 Å². The average Bonchev–Trinajstić information content (AvgIpc) is 3.73. The Morgan fingerprint density at radius 2 is 1.56 bits per heavy atom. The highest BCUT2D eigenvalue weighted by Gasteiger charge is 2.30. The van der Waals surface area contributed by atoms with Crippen LogP contribution in [0.25, 0.3) is 0 Å². The summed E-state index contributed by atoms with van der Waals surface area (Å²) in [7, 11) is 1.97. The van der Waals surface area contributed by atoms with E-state index in [1.165, 1.54) is 6.54 Å². The lowest BCUT2D eigenvalue weighted by Gasteiger charge is -2.25. The van der Waals surface area contributed by atoms with Crippen molar-refractivity contribution >= 4 is 24.9 Å². The van der Waals surface area contributed by atoms with Crippen molar-refractivity contribution in [1.82, 2.24) is 31.1 Å². The van der Waals surface area contributed by atoms with Crippen LogP contribution >= 0.6 is 0 Å². The molecule has 45 heavy (non-hydrogen) atoms. The Labute approximate surface area is 273 Å². The molecule has 0 aromatic heterocycles. The molecule has 0 aliphatic carbocycles. The molecule has 0 saturated carbocycles. The Morgan fingerprint density at radius 3 is 2.18 bits per heavy atom. The van der Waals surface area contributed by atoms with Gasteiger partial charge < -0.3 is 30.3 Å². The van der Waals surface area contributed by atoms with Gasteiger partial charge in [0, 0.05) is 58.0 Å². The maximum absolute atomic E-state index is 12.2. The first kappa shape index (κ1) is 40.7. The molecule has 1 aliphatic heterocycles. The van der Waals surface area contributed by atoms with Crippen LogP contribution in [0, 0.1) is 0 Å². The third-order valence-electron chi connectivity index (χ3n) is 7.99. The van der Waals surface area contributed by atoms with Crippen molar-refractivity contribution < 1.29 is 23.9 Å². The number of carbonyl (C=O) groups is 3. The topological polar surface area (TPSA) is 136 Å². The van der Waals surface area contributed by atoms with Crippen LogP contribution in [0.3, 0.4) is 0 Å². The van der Waals surface area contributed by atoms with Gasteiger partial charge in [0.2, 0.25) is 12.8 Å². The van der Waals surface area contributed by atoms with Gasteiger partial charge in [0.05, 0.1) is 6.61 Å². The number of nitrogens with one attached hydrogen (secondary N) is 4. The Morgan fingerprint density at radius 1 is 0.911 bits per heavy atom. The molecule has 0 spiro atoms. The fraction of sp³-hybridized carbons (Fsp3) is 0.879. The second kappa shape index (κ2) is 29.1. The van der Waals surface area contributed by atoms with Crippen LogP contribution in [0.15, 0.2) is 4.99 Å². The van der Waals surface area contributed by atoms with Crippen LogP contribution in [0.5, 0.6) is 0 Å². The first-order chi connectivity index (χ1) is 22.0. The van der Waals surface area contributed by atoms with E-state index in [1.807, 2.05) is 7.05 Å². The number of amides is 3. The normalized spacial score (nSPS) is 16.6. The van der Waals surface area contributed by atoms with Crippen molar-refractivity contribution in [1.29, 1.82) is 0 Å². The van der Waals surface area contributed by atoms with Crippen LogP contribution in [0.2, 0.25) is 0 Å². The summed E-state index contributed by atoms with van der Waals surface area (Å²) in [4.78, 5) is 42.7. The van der Waals surface area contributed by atoms with E-state index < -0.39 is 6.09 Å². The molecule has 0 aromatic rings. The van der Waals surface area contributed by atoms with E-state index in [2.05, 4.69) is 49.9 Å². The fourth-order valence-corrected chi connectivity index (χ4v) is 5.11. The fourth-order valence-electron chi connectivity index (χ4n) is 5.11. The van der Waals surface area contributed by atoms with Gasteiger partial charge in [-0.2, -0.15) is 0 Å². The number of alkyl carbamates (subject to hydrolysis) is 1. The van der Waals surface area contributed by atoms with E-state index >= 15 is 0 Å². The lowest BCUT2D eigenvalue weighted by Crippen LogP contribution is -2.40. The lowest BCUT2D eigenvalue weighted by molar-refractivity contribution is -0.110. The van der Waals surface area contributed by atoms with Gasteiger partial charge in [0.15, 0.2) is 0 Å². The molecule has 0 bridgehead atoms. The smallest absolute Gasteiger partial charge is 0.380 e. The SMILES string of the molecule is CCCCOCC(CN1CC1C)NCCCCCCN(CCCCCCNC)C(=NCCCCCCNC=O)OC(=O)NC=O. The molecule has 262 valence electrons. The number of hydrogen-bond acceptors (Lipinski definition) is 9. The summed E-state index contributed by atoms with van der Waals surface area (Å²) in [6.45, 7) is 13.0. The summed E-state index contributed by atoms with van der Waals surface area (Å²) in [5.74, 6) is 0. The Balaban J connectivity index is 2.58. The van der Waals surface area contributed by atoms with Gasteiger partial charge in [0.1, 0.15) is 0 Å². The standard InChI is InChI=1S/C33H65N7O5/c1-4-5-24-44-27-31(26-40-25-30(40)2)36-20-14-9-11-17-23-39(22-16-10-8-12-18-34-3)32(45-33(43)38-29-42)37-21-15-7-6-13-19-35-28-41/h28-31,34,36H,4-27H2,1-3H3,(H,35,41)(H,38,42,43). The second-order valence-corrected chi connectivity index (χ2v) is 12.1. The molecule has 3 amide bonds. The highest BCUT2D eigenvalue weighted by Crippen LogP contribution is 2.16. The van der Waals surface area contributed by atoms with Crippen molar-refractivity contribution in [3.63, 3.8) is 0 Å². The molecule has 0 radical (unpaired) electrons. The molecule has 1 fully saturated rings. The molecule has 1 heterocycles. The summed E-state index contributed by atoms with van der Waals surface area (Å²) in [6, 6.07) is 1.36. The molecule has 3 atom stereocenters. The zero-order valence-corrected chi connectivity index (χ0v) is 28.7. The third kappa shape index (κ3) is 23.7. The number of nitrogens with zero attached hydrogens (tertiary/aromatic N) is 3. The highest BCUT2D eigenvalue weighted by molar-refractivity contribution is 5.90. The first-order valence-corrected chi connectivity index (χ1v) is 17.6. The number of carbonyl (C=O) groups excluding carboxylic acids is 3. The lowest BCUT2D eigenvalue weighted by atomic mass is 10.1. The van der Waals surface area contributed by atoms with Crippen LogP contribution in [-0.4, -0.2) is 119 Å². The molecule has 1 aliphatic rings. The first-order valence-electron chi connectivity index (χ1n) is 17.6. The molecular weight excluding hydrogens is 574 g/mol. The number of ether oxygens (including phenoxy) is 2. The van der Waals surface area contributed by atoms with Gasteiger partial charge in [-0.25, -0.2) is 9.79 Å². The maximum atomic E-state index is 12.2. The minimum atomic E-state index is -0.807. The molecular formula is C33H65N7O5. The molecule has 1 rings (SSSR count). The van der Waals surface area contributed by atoms with Crippen LogP contribution in [-0.2, 0) is 19.1 Å². The van der Waals surface area contributed by atoms with Crippen molar-refractivity contribution in [2.75, 3.05) is 72.6 Å². The zero-order valence-electron chi connectivity index (χ0n) is 28.7. The summed E-state index contributed by atoms with van der Waals surface area (Å²) >= 11 is 0. The molecule has 12 nitrogen and oxygen atoms in total. The van der Waals surface area contributed by atoms with Gasteiger partial charge in [0.25, 0.3) is 6.02 Å².